The largest absolute Gasteiger partial charge is 0.399 e. The van der Waals surface area contributed by atoms with Crippen molar-refractivity contribution in [2.24, 2.45) is 5.14 Å². The highest BCUT2D eigenvalue weighted by Gasteiger charge is 2.35. The number of benzene rings is 1. The maximum Gasteiger partial charge on any atom is 0.317 e. The number of piperazine rings is 1. The summed E-state index contributed by atoms with van der Waals surface area (Å²) in [5.74, 6) is 0. The summed E-state index contributed by atoms with van der Waals surface area (Å²) in [5, 5.41) is 7.96. The molecule has 1 aromatic carbocycles. The lowest BCUT2D eigenvalue weighted by atomic mass is 10.1. The molecule has 0 saturated carbocycles. The number of carbonyl (C=O) groups excluding carboxylic acids is 1. The van der Waals surface area contributed by atoms with Gasteiger partial charge in [0.1, 0.15) is 0 Å². The SMILES string of the molecule is Nc1cc(N2CCN3C(=O)NCC3C2)cc(S(N)(=O)=O)c1. The minimum atomic E-state index is -3.80. The average Bonchev–Trinajstić information content (AvgIpc) is 2.78. The highest BCUT2D eigenvalue weighted by molar-refractivity contribution is 7.89. The molecule has 0 bridgehead atoms. The Kier molecular flexibility index (Phi) is 3.18. The Hall–Kier alpha value is -2.00. The Balaban J connectivity index is 1.88. The number of nitrogens with one attached hydrogen (secondary N) is 1. The zero-order valence-electron chi connectivity index (χ0n) is 11.3. The molecule has 5 N–H and O–H groups in total. The number of nitrogens with zero attached hydrogens (tertiary/aromatic N) is 2. The fraction of sp³-hybridized carbons (Fsp3) is 0.417. The molecule has 2 aliphatic heterocycles. The molecule has 9 heteroatoms. The van der Waals surface area contributed by atoms with Crippen LogP contribution in [-0.2, 0) is 10.0 Å². The van der Waals surface area contributed by atoms with Crippen molar-refractivity contribution in [1.82, 2.24) is 10.2 Å². The van der Waals surface area contributed by atoms with Crippen molar-refractivity contribution in [2.45, 2.75) is 10.9 Å². The molecule has 2 aliphatic rings. The molecule has 1 aromatic rings. The molecule has 3 rings (SSSR count). The molecule has 1 atom stereocenters. The topological polar surface area (TPSA) is 122 Å². The Morgan fingerprint density at radius 3 is 2.71 bits per heavy atom. The van der Waals surface area contributed by atoms with E-state index >= 15 is 0 Å². The highest BCUT2D eigenvalue weighted by atomic mass is 32.2. The number of fused-ring (bicyclic) bond motifs is 1. The summed E-state index contributed by atoms with van der Waals surface area (Å²) in [4.78, 5) is 15.4. The summed E-state index contributed by atoms with van der Waals surface area (Å²) >= 11 is 0. The van der Waals surface area contributed by atoms with Crippen LogP contribution in [0.25, 0.3) is 0 Å². The molecule has 2 amide bonds. The third kappa shape index (κ3) is 2.61. The second-order valence-corrected chi connectivity index (χ2v) is 6.85. The highest BCUT2D eigenvalue weighted by Crippen LogP contribution is 2.26. The summed E-state index contributed by atoms with van der Waals surface area (Å²) < 4.78 is 23.0. The maximum atomic E-state index is 11.6. The second-order valence-electron chi connectivity index (χ2n) is 5.28. The van der Waals surface area contributed by atoms with Crippen LogP contribution in [0.2, 0.25) is 0 Å². The number of sulfonamides is 1. The van der Waals surface area contributed by atoms with Crippen LogP contribution in [0.15, 0.2) is 23.1 Å². The van der Waals surface area contributed by atoms with E-state index in [0.717, 1.165) is 0 Å². The van der Waals surface area contributed by atoms with E-state index < -0.39 is 10.0 Å². The van der Waals surface area contributed by atoms with Crippen LogP contribution in [0.4, 0.5) is 16.2 Å². The zero-order valence-corrected chi connectivity index (χ0v) is 12.1. The van der Waals surface area contributed by atoms with Crippen molar-refractivity contribution in [2.75, 3.05) is 36.8 Å². The van der Waals surface area contributed by atoms with Gasteiger partial charge < -0.3 is 20.9 Å². The number of anilines is 2. The molecule has 1 unspecified atom stereocenters. The first-order valence-corrected chi connectivity index (χ1v) is 8.12. The van der Waals surface area contributed by atoms with E-state index in [0.29, 0.717) is 37.6 Å². The quantitative estimate of drug-likeness (QED) is 0.613. The predicted molar refractivity (Wildman–Crippen MR) is 78.3 cm³/mol. The number of nitrogens with two attached hydrogens (primary N) is 2. The molecular formula is C12H17N5O3S. The van der Waals surface area contributed by atoms with Crippen molar-refractivity contribution in [3.8, 4) is 0 Å². The zero-order chi connectivity index (χ0) is 15.2. The van der Waals surface area contributed by atoms with Gasteiger partial charge >= 0.3 is 6.03 Å². The summed E-state index contributed by atoms with van der Waals surface area (Å²) in [6.07, 6.45) is 0. The molecule has 114 valence electrons. The first-order chi connectivity index (χ1) is 9.84. The van der Waals surface area contributed by atoms with Gasteiger partial charge in [0, 0.05) is 37.6 Å². The fourth-order valence-electron chi connectivity index (χ4n) is 2.79. The van der Waals surface area contributed by atoms with Crippen LogP contribution >= 0.6 is 0 Å². The van der Waals surface area contributed by atoms with Crippen LogP contribution in [0.3, 0.4) is 0 Å². The number of hydrogen-bond acceptors (Lipinski definition) is 5. The molecule has 0 aliphatic carbocycles. The van der Waals surface area contributed by atoms with Gasteiger partial charge in [0.05, 0.1) is 10.9 Å². The first kappa shape index (κ1) is 14.0. The molecule has 21 heavy (non-hydrogen) atoms. The number of carbonyl (C=O) groups is 1. The van der Waals surface area contributed by atoms with E-state index in [1.54, 1.807) is 11.0 Å². The van der Waals surface area contributed by atoms with Gasteiger partial charge in [-0.2, -0.15) is 0 Å². The van der Waals surface area contributed by atoms with Crippen LogP contribution in [0, 0.1) is 0 Å². The second kappa shape index (κ2) is 4.78. The van der Waals surface area contributed by atoms with Gasteiger partial charge in [-0.25, -0.2) is 18.4 Å². The van der Waals surface area contributed by atoms with E-state index in [-0.39, 0.29) is 17.0 Å². The monoisotopic (exact) mass is 311 g/mol. The number of amides is 2. The number of hydrogen-bond donors (Lipinski definition) is 3. The number of urea groups is 1. The third-order valence-corrected chi connectivity index (χ3v) is 4.73. The van der Waals surface area contributed by atoms with Crippen molar-refractivity contribution in [3.63, 3.8) is 0 Å². The Bertz CT molecular complexity index is 690. The Labute approximate surface area is 122 Å². The number of nitrogen functional groups attached to an aromatic ring is 1. The van der Waals surface area contributed by atoms with Crippen molar-refractivity contribution in [3.05, 3.63) is 18.2 Å². The lowest BCUT2D eigenvalue weighted by Crippen LogP contribution is -2.52. The first-order valence-electron chi connectivity index (χ1n) is 6.57. The van der Waals surface area contributed by atoms with Crippen LogP contribution in [0.1, 0.15) is 0 Å². The minimum Gasteiger partial charge on any atom is -0.399 e. The van der Waals surface area contributed by atoms with Crippen molar-refractivity contribution in [1.29, 1.82) is 0 Å². The maximum absolute atomic E-state index is 11.6. The van der Waals surface area contributed by atoms with Gasteiger partial charge in [0.25, 0.3) is 0 Å². The van der Waals surface area contributed by atoms with Gasteiger partial charge in [-0.15, -0.1) is 0 Å². The molecule has 0 radical (unpaired) electrons. The summed E-state index contributed by atoms with van der Waals surface area (Å²) in [6.45, 7) is 2.44. The van der Waals surface area contributed by atoms with E-state index in [4.69, 9.17) is 10.9 Å². The van der Waals surface area contributed by atoms with Crippen molar-refractivity contribution >= 4 is 27.4 Å². The third-order valence-electron chi connectivity index (χ3n) is 3.84. The van der Waals surface area contributed by atoms with Gasteiger partial charge in [-0.3, -0.25) is 0 Å². The van der Waals surface area contributed by atoms with E-state index in [1.807, 2.05) is 4.90 Å². The average molecular weight is 311 g/mol. The van der Waals surface area contributed by atoms with Crippen LogP contribution in [-0.4, -0.2) is 51.6 Å². The molecule has 8 nitrogen and oxygen atoms in total. The molecule has 2 fully saturated rings. The Morgan fingerprint density at radius 1 is 1.24 bits per heavy atom. The van der Waals surface area contributed by atoms with E-state index in [9.17, 15) is 13.2 Å². The minimum absolute atomic E-state index is 0.000512. The molecular weight excluding hydrogens is 294 g/mol. The van der Waals surface area contributed by atoms with Crippen molar-refractivity contribution < 1.29 is 13.2 Å². The standard InChI is InChI=1S/C12H17N5O3S/c13-8-3-9(5-11(4-8)21(14,19)20)16-1-2-17-10(7-16)6-15-12(17)18/h3-5,10H,1-2,6-7,13H2,(H,15,18)(H2,14,19,20). The number of rotatable bonds is 2. The summed E-state index contributed by atoms with van der Waals surface area (Å²) in [5.41, 5.74) is 6.82. The normalized spacial score (nSPS) is 22.1. The van der Waals surface area contributed by atoms with Gasteiger partial charge in [-0.05, 0) is 18.2 Å². The van der Waals surface area contributed by atoms with Crippen LogP contribution in [0.5, 0.6) is 0 Å². The van der Waals surface area contributed by atoms with E-state index in [2.05, 4.69) is 5.32 Å². The predicted octanol–water partition coefficient (Wildman–Crippen LogP) is -0.870. The number of primary sulfonamides is 1. The van der Waals surface area contributed by atoms with Gasteiger partial charge in [-0.1, -0.05) is 0 Å². The smallest absolute Gasteiger partial charge is 0.317 e. The van der Waals surface area contributed by atoms with E-state index in [1.165, 1.54) is 12.1 Å². The summed E-state index contributed by atoms with van der Waals surface area (Å²) in [6, 6.07) is 4.62. The molecule has 2 saturated heterocycles. The lowest BCUT2D eigenvalue weighted by molar-refractivity contribution is 0.197. The summed E-state index contributed by atoms with van der Waals surface area (Å²) in [7, 11) is -3.80. The Morgan fingerprint density at radius 2 is 2.00 bits per heavy atom. The van der Waals surface area contributed by atoms with Crippen LogP contribution < -0.4 is 21.1 Å². The molecule has 0 spiro atoms. The van der Waals surface area contributed by atoms with Gasteiger partial charge in [0.2, 0.25) is 10.0 Å². The lowest BCUT2D eigenvalue weighted by Gasteiger charge is -2.38. The molecule has 0 aromatic heterocycles. The van der Waals surface area contributed by atoms with Gasteiger partial charge in [0.15, 0.2) is 0 Å². The molecule has 2 heterocycles. The fourth-order valence-corrected chi connectivity index (χ4v) is 3.38.